The quantitative estimate of drug-likeness (QED) is 0.502. The number of fused-ring (bicyclic) bond motifs is 1. The lowest BCUT2D eigenvalue weighted by Gasteiger charge is -2.36. The minimum atomic E-state index is -1.84. The van der Waals surface area contributed by atoms with Gasteiger partial charge < -0.3 is 8.98 Å². The Morgan fingerprint density at radius 3 is 2.28 bits per heavy atom. The zero-order valence-electron chi connectivity index (χ0n) is 17.0. The predicted molar refractivity (Wildman–Crippen MR) is 112 cm³/mol. The van der Waals surface area contributed by atoms with E-state index in [2.05, 4.69) is 56.5 Å². The second-order valence-electron chi connectivity index (χ2n) is 9.43. The molecule has 1 aromatic rings. The molecule has 0 radical (unpaired) electrons. The van der Waals surface area contributed by atoms with Crippen molar-refractivity contribution in [1.29, 1.82) is 0 Å². The Kier molecular flexibility index (Phi) is 5.82. The van der Waals surface area contributed by atoms with Crippen molar-refractivity contribution in [2.75, 3.05) is 0 Å². The number of hydrogen-bond acceptors (Lipinski definition) is 3. The average Bonchev–Trinajstić information content (AvgIpc) is 2.44. The fourth-order valence-electron chi connectivity index (χ4n) is 2.48. The molecule has 140 valence electrons. The molecule has 0 aromatic heterocycles. The van der Waals surface area contributed by atoms with Gasteiger partial charge >= 0.3 is 0 Å². The van der Waals surface area contributed by atoms with Gasteiger partial charge in [0.15, 0.2) is 0 Å². The molecule has 3 nitrogen and oxygen atoms in total. The van der Waals surface area contributed by atoms with Crippen LogP contribution in [0.15, 0.2) is 22.6 Å². The van der Waals surface area contributed by atoms with Crippen LogP contribution in [-0.2, 0) is 17.8 Å². The number of rotatable bonds is 3. The van der Waals surface area contributed by atoms with Gasteiger partial charge in [-0.2, -0.15) is 0 Å². The van der Waals surface area contributed by atoms with E-state index in [1.807, 2.05) is 20.8 Å². The first-order chi connectivity index (χ1) is 11.3. The first-order valence-electron chi connectivity index (χ1n) is 9.13. The maximum absolute atomic E-state index is 12.4. The minimum Gasteiger partial charge on any atom is -0.591 e. The molecule has 0 fully saturated rings. The molecule has 5 heteroatoms. The van der Waals surface area contributed by atoms with Crippen LogP contribution in [0.2, 0.25) is 18.1 Å². The summed E-state index contributed by atoms with van der Waals surface area (Å²) in [7, 11) is -1.84. The van der Waals surface area contributed by atoms with Crippen LogP contribution < -0.4 is 4.43 Å². The van der Waals surface area contributed by atoms with Gasteiger partial charge in [-0.05, 0) is 81.9 Å². The van der Waals surface area contributed by atoms with E-state index < -0.39 is 19.7 Å². The molecule has 2 rings (SSSR count). The summed E-state index contributed by atoms with van der Waals surface area (Å²) < 4.78 is 23.1. The van der Waals surface area contributed by atoms with E-state index in [0.29, 0.717) is 0 Å². The Labute approximate surface area is 157 Å². The van der Waals surface area contributed by atoms with E-state index in [1.165, 1.54) is 5.56 Å². The third-order valence-corrected chi connectivity index (χ3v) is 10.9. The SMILES string of the molecule is CC(C)(C)[S+]([O-])N=C1CCCc2cc(O[Si](C)(C)C(C)(C)C)ccc21. The number of nitrogens with zero attached hydrogens (tertiary/aromatic N) is 1. The summed E-state index contributed by atoms with van der Waals surface area (Å²) in [4.78, 5) is 0. The van der Waals surface area contributed by atoms with Gasteiger partial charge in [0.25, 0.3) is 0 Å². The fraction of sp³-hybridized carbons (Fsp3) is 0.650. The zero-order valence-corrected chi connectivity index (χ0v) is 18.8. The lowest BCUT2D eigenvalue weighted by Crippen LogP contribution is -2.43. The molecular formula is C20H33NO2SSi. The topological polar surface area (TPSA) is 44.7 Å². The van der Waals surface area contributed by atoms with Gasteiger partial charge in [-0.25, -0.2) is 0 Å². The largest absolute Gasteiger partial charge is 0.591 e. The molecule has 1 aromatic carbocycles. The lowest BCUT2D eigenvalue weighted by atomic mass is 9.90. The molecule has 1 aliphatic rings. The number of aryl methyl sites for hydroxylation is 1. The average molecular weight is 380 g/mol. The van der Waals surface area contributed by atoms with Crippen LogP contribution in [0.3, 0.4) is 0 Å². The molecule has 0 heterocycles. The molecule has 1 aliphatic carbocycles. The highest BCUT2D eigenvalue weighted by Crippen LogP contribution is 2.38. The van der Waals surface area contributed by atoms with Gasteiger partial charge in [-0.3, -0.25) is 0 Å². The fourth-order valence-corrected chi connectivity index (χ4v) is 4.17. The van der Waals surface area contributed by atoms with Gasteiger partial charge in [0.2, 0.25) is 8.32 Å². The van der Waals surface area contributed by atoms with E-state index in [1.54, 1.807) is 0 Å². The molecule has 0 bridgehead atoms. The van der Waals surface area contributed by atoms with Crippen molar-refractivity contribution in [3.63, 3.8) is 0 Å². The standard InChI is InChI=1S/C20H33NO2SSi/c1-19(2,3)24(22)21-18-11-9-10-15-14-16(12-13-17(15)18)23-25(7,8)20(4,5)6/h12-14H,9-11H2,1-8H3. The molecule has 0 N–H and O–H groups in total. The Morgan fingerprint density at radius 2 is 1.72 bits per heavy atom. The number of benzene rings is 1. The van der Waals surface area contributed by atoms with Crippen LogP contribution in [0.5, 0.6) is 5.75 Å². The summed E-state index contributed by atoms with van der Waals surface area (Å²) in [5.74, 6) is 0.962. The summed E-state index contributed by atoms with van der Waals surface area (Å²) in [5.41, 5.74) is 3.40. The first kappa shape index (κ1) is 20.5. The molecule has 0 amide bonds. The third-order valence-electron chi connectivity index (χ3n) is 5.14. The van der Waals surface area contributed by atoms with Crippen molar-refractivity contribution in [2.45, 2.75) is 83.7 Å². The smallest absolute Gasteiger partial charge is 0.250 e. The van der Waals surface area contributed by atoms with E-state index in [4.69, 9.17) is 4.43 Å². The predicted octanol–water partition coefficient (Wildman–Crippen LogP) is 5.66. The maximum atomic E-state index is 12.4. The van der Waals surface area contributed by atoms with Gasteiger partial charge in [-0.15, -0.1) is 0 Å². The zero-order chi connectivity index (χ0) is 19.0. The van der Waals surface area contributed by atoms with E-state index in [-0.39, 0.29) is 9.79 Å². The molecule has 0 saturated heterocycles. The van der Waals surface area contributed by atoms with Crippen LogP contribution in [0.25, 0.3) is 0 Å². The first-order valence-corrected chi connectivity index (χ1v) is 13.1. The van der Waals surface area contributed by atoms with E-state index in [0.717, 1.165) is 36.3 Å². The molecule has 0 saturated carbocycles. The lowest BCUT2D eigenvalue weighted by molar-refractivity contribution is 0.491. The molecule has 1 atom stereocenters. The van der Waals surface area contributed by atoms with Gasteiger partial charge in [0.05, 0.1) is 5.71 Å². The van der Waals surface area contributed by atoms with Crippen molar-refractivity contribution in [3.05, 3.63) is 29.3 Å². The number of hydrogen-bond donors (Lipinski definition) is 0. The van der Waals surface area contributed by atoms with Crippen LogP contribution in [0, 0.1) is 0 Å². The molecule has 1 unspecified atom stereocenters. The van der Waals surface area contributed by atoms with E-state index in [9.17, 15) is 4.55 Å². The van der Waals surface area contributed by atoms with Gasteiger partial charge in [0, 0.05) is 5.56 Å². The maximum Gasteiger partial charge on any atom is 0.250 e. The van der Waals surface area contributed by atoms with Crippen LogP contribution in [0.1, 0.15) is 65.5 Å². The third kappa shape index (κ3) is 4.89. The summed E-state index contributed by atoms with van der Waals surface area (Å²) >= 11 is -1.21. The molecule has 0 spiro atoms. The second kappa shape index (κ2) is 7.09. The highest BCUT2D eigenvalue weighted by Gasteiger charge is 2.39. The summed E-state index contributed by atoms with van der Waals surface area (Å²) in [6.07, 6.45) is 2.99. The Morgan fingerprint density at radius 1 is 1.08 bits per heavy atom. The van der Waals surface area contributed by atoms with Crippen LogP contribution in [-0.4, -0.2) is 23.3 Å². The summed E-state index contributed by atoms with van der Waals surface area (Å²) in [6, 6.07) is 6.33. The monoisotopic (exact) mass is 379 g/mol. The van der Waals surface area contributed by atoms with E-state index >= 15 is 0 Å². The highest BCUT2D eigenvalue weighted by atomic mass is 32.2. The van der Waals surface area contributed by atoms with Crippen LogP contribution >= 0.6 is 0 Å². The van der Waals surface area contributed by atoms with Crippen molar-refractivity contribution < 1.29 is 8.98 Å². The second-order valence-corrected chi connectivity index (χ2v) is 16.1. The van der Waals surface area contributed by atoms with Crippen molar-refractivity contribution in [3.8, 4) is 5.75 Å². The van der Waals surface area contributed by atoms with Crippen molar-refractivity contribution in [2.24, 2.45) is 4.40 Å². The molecular weight excluding hydrogens is 346 g/mol. The normalized spacial score (nSPS) is 18.8. The molecule has 25 heavy (non-hydrogen) atoms. The Bertz CT molecular complexity index is 657. The van der Waals surface area contributed by atoms with Gasteiger partial charge in [-0.1, -0.05) is 25.2 Å². The minimum absolute atomic E-state index is 0.180. The molecule has 0 aliphatic heterocycles. The van der Waals surface area contributed by atoms with Crippen molar-refractivity contribution >= 4 is 25.4 Å². The summed E-state index contributed by atoms with van der Waals surface area (Å²) in [6.45, 7) is 17.2. The Hall–Kier alpha value is -0.783. The van der Waals surface area contributed by atoms with Crippen molar-refractivity contribution in [1.82, 2.24) is 0 Å². The Balaban J connectivity index is 2.30. The van der Waals surface area contributed by atoms with Gasteiger partial charge in [0.1, 0.15) is 21.9 Å². The highest BCUT2D eigenvalue weighted by molar-refractivity contribution is 7.91. The summed E-state index contributed by atoms with van der Waals surface area (Å²) in [5, 5.41) is 0.180. The van der Waals surface area contributed by atoms with Crippen LogP contribution in [0.4, 0.5) is 0 Å².